The molecular formula is C16H14BrFN2O4. The number of hydrogen-bond donors (Lipinski definition) is 3. The first kappa shape index (κ1) is 17.7. The summed E-state index contributed by atoms with van der Waals surface area (Å²) < 4.78 is 19.3. The fourth-order valence-electron chi connectivity index (χ4n) is 1.76. The number of hydrogen-bond acceptors (Lipinski definition) is 4. The largest absolute Gasteiger partial charge is 0.507 e. The molecule has 0 aliphatic heterocycles. The first-order valence-electron chi connectivity index (χ1n) is 6.88. The number of rotatable bonds is 4. The standard InChI is InChI=1S/C16H14BrFN2O4/c1-9(24-14-5-3-2-4-12(14)18)15(22)19-20-16(23)11-8-10(17)6-7-13(11)21/h2-9,21H,1H3,(H,19,22)(H,20,23). The summed E-state index contributed by atoms with van der Waals surface area (Å²) in [7, 11) is 0. The predicted molar refractivity (Wildman–Crippen MR) is 87.9 cm³/mol. The van der Waals surface area contributed by atoms with Gasteiger partial charge in [0.25, 0.3) is 11.8 Å². The Morgan fingerprint density at radius 3 is 2.62 bits per heavy atom. The maximum absolute atomic E-state index is 13.5. The van der Waals surface area contributed by atoms with Gasteiger partial charge in [-0.15, -0.1) is 0 Å². The van der Waals surface area contributed by atoms with Crippen LogP contribution in [0.15, 0.2) is 46.9 Å². The zero-order valence-electron chi connectivity index (χ0n) is 12.5. The molecule has 0 saturated carbocycles. The molecule has 2 amide bonds. The number of para-hydroxylation sites is 1. The number of aromatic hydroxyl groups is 1. The molecule has 6 nitrogen and oxygen atoms in total. The summed E-state index contributed by atoms with van der Waals surface area (Å²) in [5, 5.41) is 9.64. The number of hydrazine groups is 1. The maximum atomic E-state index is 13.5. The summed E-state index contributed by atoms with van der Waals surface area (Å²) in [4.78, 5) is 23.9. The molecule has 8 heteroatoms. The Morgan fingerprint density at radius 1 is 1.21 bits per heavy atom. The third kappa shape index (κ3) is 4.45. The minimum absolute atomic E-state index is 0.0210. The van der Waals surface area contributed by atoms with Crippen LogP contribution in [0.3, 0.4) is 0 Å². The lowest BCUT2D eigenvalue weighted by molar-refractivity contribution is -0.128. The van der Waals surface area contributed by atoms with Crippen LogP contribution in [0.5, 0.6) is 11.5 Å². The van der Waals surface area contributed by atoms with Gasteiger partial charge < -0.3 is 9.84 Å². The molecule has 3 N–H and O–H groups in total. The highest BCUT2D eigenvalue weighted by Crippen LogP contribution is 2.21. The second-order valence-electron chi connectivity index (χ2n) is 4.80. The van der Waals surface area contributed by atoms with Gasteiger partial charge in [0.2, 0.25) is 0 Å². The van der Waals surface area contributed by atoms with E-state index in [0.29, 0.717) is 4.47 Å². The molecule has 0 spiro atoms. The van der Waals surface area contributed by atoms with Gasteiger partial charge in [-0.3, -0.25) is 20.4 Å². The van der Waals surface area contributed by atoms with Crippen LogP contribution in [-0.2, 0) is 4.79 Å². The quantitative estimate of drug-likeness (QED) is 0.692. The van der Waals surface area contributed by atoms with Crippen LogP contribution in [-0.4, -0.2) is 23.0 Å². The molecule has 1 unspecified atom stereocenters. The van der Waals surface area contributed by atoms with Gasteiger partial charge >= 0.3 is 0 Å². The Labute approximate surface area is 145 Å². The Morgan fingerprint density at radius 2 is 1.92 bits per heavy atom. The highest BCUT2D eigenvalue weighted by atomic mass is 79.9. The zero-order chi connectivity index (χ0) is 17.7. The summed E-state index contributed by atoms with van der Waals surface area (Å²) in [6, 6.07) is 9.96. The molecule has 2 rings (SSSR count). The minimum Gasteiger partial charge on any atom is -0.507 e. The number of carbonyl (C=O) groups is 2. The van der Waals surface area contributed by atoms with Crippen molar-refractivity contribution >= 4 is 27.7 Å². The average Bonchev–Trinajstić information content (AvgIpc) is 2.56. The average molecular weight is 397 g/mol. The second-order valence-corrected chi connectivity index (χ2v) is 5.71. The molecule has 0 heterocycles. The molecule has 0 fully saturated rings. The summed E-state index contributed by atoms with van der Waals surface area (Å²) in [6.07, 6.45) is -1.04. The Balaban J connectivity index is 1.93. The molecule has 0 saturated heterocycles. The lowest BCUT2D eigenvalue weighted by atomic mass is 10.2. The minimum atomic E-state index is -1.04. The van der Waals surface area contributed by atoms with Gasteiger partial charge in [-0.25, -0.2) is 4.39 Å². The van der Waals surface area contributed by atoms with E-state index in [-0.39, 0.29) is 17.1 Å². The van der Waals surface area contributed by atoms with Crippen LogP contribution in [0.25, 0.3) is 0 Å². The molecule has 24 heavy (non-hydrogen) atoms. The zero-order valence-corrected chi connectivity index (χ0v) is 14.1. The SMILES string of the molecule is CC(Oc1ccccc1F)C(=O)NNC(=O)c1cc(Br)ccc1O. The van der Waals surface area contributed by atoms with E-state index in [0.717, 1.165) is 0 Å². The number of phenols is 1. The van der Waals surface area contributed by atoms with Crippen LogP contribution >= 0.6 is 15.9 Å². The molecule has 0 aliphatic carbocycles. The Hall–Kier alpha value is -2.61. The predicted octanol–water partition coefficient (Wildman–Crippen LogP) is 2.52. The van der Waals surface area contributed by atoms with Crippen LogP contribution in [0.4, 0.5) is 4.39 Å². The number of nitrogens with one attached hydrogen (secondary N) is 2. The molecule has 1 atom stereocenters. The first-order chi connectivity index (χ1) is 11.4. The smallest absolute Gasteiger partial charge is 0.279 e. The van der Waals surface area contributed by atoms with Gasteiger partial charge in [-0.1, -0.05) is 28.1 Å². The van der Waals surface area contributed by atoms with Crippen molar-refractivity contribution in [1.82, 2.24) is 10.9 Å². The number of benzene rings is 2. The van der Waals surface area contributed by atoms with E-state index in [4.69, 9.17) is 4.74 Å². The van der Waals surface area contributed by atoms with E-state index in [2.05, 4.69) is 26.8 Å². The van der Waals surface area contributed by atoms with Gasteiger partial charge in [0.1, 0.15) is 5.75 Å². The molecule has 0 radical (unpaired) electrons. The summed E-state index contributed by atoms with van der Waals surface area (Å²) in [5.74, 6) is -2.29. The van der Waals surface area contributed by atoms with Crippen molar-refractivity contribution in [1.29, 1.82) is 0 Å². The van der Waals surface area contributed by atoms with Crippen LogP contribution in [0.2, 0.25) is 0 Å². The normalized spacial score (nSPS) is 11.5. The highest BCUT2D eigenvalue weighted by Gasteiger charge is 2.18. The van der Waals surface area contributed by atoms with Crippen LogP contribution in [0, 0.1) is 5.82 Å². The van der Waals surface area contributed by atoms with Crippen LogP contribution in [0.1, 0.15) is 17.3 Å². The molecule has 0 aromatic heterocycles. The van der Waals surface area contributed by atoms with Crippen molar-refractivity contribution in [3.63, 3.8) is 0 Å². The van der Waals surface area contributed by atoms with Gasteiger partial charge in [0, 0.05) is 4.47 Å². The summed E-state index contributed by atoms with van der Waals surface area (Å²) >= 11 is 3.18. The lowest BCUT2D eigenvalue weighted by Crippen LogP contribution is -2.47. The number of phenolic OH excluding ortho intramolecular Hbond substituents is 1. The third-order valence-corrected chi connectivity index (χ3v) is 3.51. The molecule has 0 aliphatic rings. The third-order valence-electron chi connectivity index (χ3n) is 3.01. The fourth-order valence-corrected chi connectivity index (χ4v) is 2.12. The lowest BCUT2D eigenvalue weighted by Gasteiger charge is -2.15. The van der Waals surface area contributed by atoms with E-state index in [1.165, 1.54) is 37.3 Å². The Bertz CT molecular complexity index is 769. The fraction of sp³-hybridized carbons (Fsp3) is 0.125. The molecule has 2 aromatic carbocycles. The van der Waals surface area contributed by atoms with Crippen LogP contribution < -0.4 is 15.6 Å². The second kappa shape index (κ2) is 7.78. The van der Waals surface area contributed by atoms with E-state index in [9.17, 15) is 19.1 Å². The van der Waals surface area contributed by atoms with E-state index < -0.39 is 23.7 Å². The molecule has 126 valence electrons. The van der Waals surface area contributed by atoms with E-state index in [1.54, 1.807) is 12.1 Å². The van der Waals surface area contributed by atoms with E-state index in [1.807, 2.05) is 0 Å². The highest BCUT2D eigenvalue weighted by molar-refractivity contribution is 9.10. The Kier molecular flexibility index (Phi) is 5.75. The molecule has 0 bridgehead atoms. The first-order valence-corrected chi connectivity index (χ1v) is 7.67. The monoisotopic (exact) mass is 396 g/mol. The summed E-state index contributed by atoms with van der Waals surface area (Å²) in [6.45, 7) is 1.41. The van der Waals surface area contributed by atoms with Gasteiger partial charge in [0.05, 0.1) is 5.56 Å². The van der Waals surface area contributed by atoms with Gasteiger partial charge in [-0.2, -0.15) is 0 Å². The summed E-state index contributed by atoms with van der Waals surface area (Å²) in [5.41, 5.74) is 4.29. The topological polar surface area (TPSA) is 87.7 Å². The molecular weight excluding hydrogens is 383 g/mol. The van der Waals surface area contributed by atoms with Crippen molar-refractivity contribution in [2.75, 3.05) is 0 Å². The van der Waals surface area contributed by atoms with Crippen molar-refractivity contribution < 1.29 is 23.8 Å². The molecule has 2 aromatic rings. The number of amides is 2. The number of carbonyl (C=O) groups excluding carboxylic acids is 2. The van der Waals surface area contributed by atoms with Crippen molar-refractivity contribution in [3.05, 3.63) is 58.3 Å². The van der Waals surface area contributed by atoms with Crippen molar-refractivity contribution in [2.45, 2.75) is 13.0 Å². The number of ether oxygens (including phenoxy) is 1. The number of halogens is 2. The van der Waals surface area contributed by atoms with Gasteiger partial charge in [0.15, 0.2) is 17.7 Å². The van der Waals surface area contributed by atoms with Gasteiger partial charge in [-0.05, 0) is 37.3 Å². The maximum Gasteiger partial charge on any atom is 0.279 e. The van der Waals surface area contributed by atoms with E-state index >= 15 is 0 Å². The van der Waals surface area contributed by atoms with Crippen molar-refractivity contribution in [3.8, 4) is 11.5 Å². The van der Waals surface area contributed by atoms with Crippen molar-refractivity contribution in [2.24, 2.45) is 0 Å².